The van der Waals surface area contributed by atoms with Gasteiger partial charge in [-0.3, -0.25) is 9.59 Å². The van der Waals surface area contributed by atoms with E-state index in [-0.39, 0.29) is 19.0 Å². The molecule has 0 unspecified atom stereocenters. The van der Waals surface area contributed by atoms with Gasteiger partial charge in [-0.1, -0.05) is 18.2 Å². The minimum Gasteiger partial charge on any atom is -0.496 e. The maximum absolute atomic E-state index is 14.3. The second-order valence-corrected chi connectivity index (χ2v) is 9.77. The molecule has 1 aliphatic carbocycles. The fourth-order valence-corrected chi connectivity index (χ4v) is 6.27. The number of ketones is 1. The van der Waals surface area contributed by atoms with Crippen molar-refractivity contribution in [3.8, 4) is 5.75 Å². The molecule has 1 aliphatic heterocycles. The van der Waals surface area contributed by atoms with Crippen molar-refractivity contribution in [2.75, 3.05) is 20.3 Å². The fraction of sp³-hybridized carbons (Fsp3) is 0.393. The molecule has 2 aromatic rings. The van der Waals surface area contributed by atoms with Crippen LogP contribution in [0.3, 0.4) is 0 Å². The molecule has 190 valence electrons. The van der Waals surface area contributed by atoms with E-state index < -0.39 is 29.7 Å². The fourth-order valence-electron chi connectivity index (χ4n) is 5.22. The number of allylic oxidation sites excluding steroid dienone is 3. The molecule has 0 bridgehead atoms. The van der Waals surface area contributed by atoms with Crippen LogP contribution in [0.2, 0.25) is 0 Å². The second kappa shape index (κ2) is 10.7. The molecule has 4 rings (SSSR count). The Hall–Kier alpha value is -3.39. The summed E-state index contributed by atoms with van der Waals surface area (Å²) in [6, 6.07) is 9.38. The molecule has 7 nitrogen and oxygen atoms in total. The molecule has 8 heteroatoms. The molecule has 3 atom stereocenters. The molecule has 1 aromatic heterocycles. The van der Waals surface area contributed by atoms with Crippen molar-refractivity contribution >= 4 is 29.1 Å². The van der Waals surface area contributed by atoms with Gasteiger partial charge in [0.2, 0.25) is 0 Å². The third-order valence-corrected chi connectivity index (χ3v) is 7.84. The van der Waals surface area contributed by atoms with Crippen LogP contribution in [0.4, 0.5) is 0 Å². The van der Waals surface area contributed by atoms with Crippen LogP contribution in [0, 0.1) is 12.8 Å². The number of nitrogens with one attached hydrogen (secondary N) is 1. The third kappa shape index (κ3) is 4.46. The molecule has 2 heterocycles. The van der Waals surface area contributed by atoms with E-state index in [1.54, 1.807) is 21.0 Å². The van der Waals surface area contributed by atoms with Gasteiger partial charge >= 0.3 is 11.9 Å². The van der Waals surface area contributed by atoms with Gasteiger partial charge in [0.15, 0.2) is 5.78 Å². The largest absolute Gasteiger partial charge is 0.496 e. The number of aryl methyl sites for hydroxylation is 1. The Bertz CT molecular complexity index is 1260. The molecule has 0 amide bonds. The van der Waals surface area contributed by atoms with Crippen molar-refractivity contribution in [2.24, 2.45) is 5.92 Å². The summed E-state index contributed by atoms with van der Waals surface area (Å²) in [5, 5.41) is 5.27. The van der Waals surface area contributed by atoms with Crippen LogP contribution in [0.5, 0.6) is 5.75 Å². The quantitative estimate of drug-likeness (QED) is 0.424. The zero-order valence-electron chi connectivity index (χ0n) is 21.2. The highest BCUT2D eigenvalue weighted by molar-refractivity contribution is 7.10. The van der Waals surface area contributed by atoms with E-state index in [1.165, 1.54) is 11.3 Å². The van der Waals surface area contributed by atoms with Crippen LogP contribution >= 0.6 is 11.3 Å². The zero-order valence-corrected chi connectivity index (χ0v) is 22.0. The number of carbonyl (C=O) groups is 3. The van der Waals surface area contributed by atoms with Gasteiger partial charge in [-0.05, 0) is 62.8 Å². The van der Waals surface area contributed by atoms with Crippen LogP contribution in [-0.4, -0.2) is 38.0 Å². The highest BCUT2D eigenvalue weighted by Gasteiger charge is 2.50. The Balaban J connectivity index is 1.91. The summed E-state index contributed by atoms with van der Waals surface area (Å²) in [5.41, 5.74) is 3.92. The summed E-state index contributed by atoms with van der Waals surface area (Å²) >= 11 is 1.49. The summed E-state index contributed by atoms with van der Waals surface area (Å²) in [7, 11) is 1.57. The van der Waals surface area contributed by atoms with E-state index >= 15 is 0 Å². The summed E-state index contributed by atoms with van der Waals surface area (Å²) in [5.74, 6) is -2.95. The Kier molecular flexibility index (Phi) is 7.64. The number of rotatable bonds is 7. The minimum absolute atomic E-state index is 0.159. The van der Waals surface area contributed by atoms with Crippen LogP contribution in [0.1, 0.15) is 55.0 Å². The Labute approximate surface area is 215 Å². The summed E-state index contributed by atoms with van der Waals surface area (Å²) in [6.07, 6.45) is 0.388. The number of methoxy groups -OCH3 is 1. The normalized spacial score (nSPS) is 21.6. The van der Waals surface area contributed by atoms with Crippen molar-refractivity contribution in [3.63, 3.8) is 0 Å². The van der Waals surface area contributed by atoms with Crippen molar-refractivity contribution in [2.45, 2.75) is 46.0 Å². The van der Waals surface area contributed by atoms with Crippen molar-refractivity contribution in [1.82, 2.24) is 5.32 Å². The predicted molar refractivity (Wildman–Crippen MR) is 137 cm³/mol. The van der Waals surface area contributed by atoms with Crippen LogP contribution in [-0.2, 0) is 23.9 Å². The molecule has 0 fully saturated rings. The molecular formula is C28H31NO6S. The average molecular weight is 510 g/mol. The smallest absolute Gasteiger partial charge is 0.336 e. The van der Waals surface area contributed by atoms with E-state index in [0.717, 1.165) is 16.0 Å². The van der Waals surface area contributed by atoms with Gasteiger partial charge in [0.25, 0.3) is 0 Å². The SMILES string of the molecule is CCOC(=O)C1=C(C)NC2=C(C(=O)[C@H](C(=O)OCC)[C@H](c3ccccc3OC)C2)[C@H]1c1sccc1C. The van der Waals surface area contributed by atoms with Gasteiger partial charge in [0, 0.05) is 27.8 Å². The lowest BCUT2D eigenvalue weighted by atomic mass is 9.67. The highest BCUT2D eigenvalue weighted by Crippen LogP contribution is 2.50. The first kappa shape index (κ1) is 25.7. The number of carbonyl (C=O) groups excluding carboxylic acids is 3. The molecule has 36 heavy (non-hydrogen) atoms. The van der Waals surface area contributed by atoms with E-state index in [4.69, 9.17) is 14.2 Å². The lowest BCUT2D eigenvalue weighted by Gasteiger charge is -2.39. The van der Waals surface area contributed by atoms with Gasteiger partial charge in [-0.15, -0.1) is 11.3 Å². The molecule has 2 aliphatic rings. The first-order valence-corrected chi connectivity index (χ1v) is 13.0. The zero-order chi connectivity index (χ0) is 26.0. The number of hydrogen-bond acceptors (Lipinski definition) is 8. The van der Waals surface area contributed by atoms with Gasteiger partial charge in [0.1, 0.15) is 11.7 Å². The predicted octanol–water partition coefficient (Wildman–Crippen LogP) is 4.78. The number of dihydropyridines is 1. The molecular weight excluding hydrogens is 478 g/mol. The average Bonchev–Trinajstić information content (AvgIpc) is 3.28. The summed E-state index contributed by atoms with van der Waals surface area (Å²) < 4.78 is 16.4. The molecule has 0 radical (unpaired) electrons. The minimum atomic E-state index is -1.06. The summed E-state index contributed by atoms with van der Waals surface area (Å²) in [6.45, 7) is 7.63. The van der Waals surface area contributed by atoms with Gasteiger partial charge in [-0.25, -0.2) is 4.79 Å². The Morgan fingerprint density at radius 3 is 2.44 bits per heavy atom. The number of esters is 2. The van der Waals surface area contributed by atoms with Gasteiger partial charge in [-0.2, -0.15) is 0 Å². The highest BCUT2D eigenvalue weighted by atomic mass is 32.1. The maximum atomic E-state index is 14.3. The van der Waals surface area contributed by atoms with E-state index in [1.807, 2.05) is 49.6 Å². The monoisotopic (exact) mass is 509 g/mol. The second-order valence-electron chi connectivity index (χ2n) is 8.82. The number of hydrogen-bond donors (Lipinski definition) is 1. The molecule has 1 aromatic carbocycles. The molecule has 1 N–H and O–H groups in total. The molecule has 0 saturated heterocycles. The lowest BCUT2D eigenvalue weighted by molar-refractivity contribution is -0.152. The topological polar surface area (TPSA) is 90.9 Å². The summed E-state index contributed by atoms with van der Waals surface area (Å²) in [4.78, 5) is 41.6. The maximum Gasteiger partial charge on any atom is 0.336 e. The van der Waals surface area contributed by atoms with Crippen molar-refractivity contribution < 1.29 is 28.6 Å². The van der Waals surface area contributed by atoms with Crippen molar-refractivity contribution in [1.29, 1.82) is 0 Å². The van der Waals surface area contributed by atoms with Crippen LogP contribution in [0.15, 0.2) is 58.3 Å². The van der Waals surface area contributed by atoms with Crippen molar-refractivity contribution in [3.05, 3.63) is 74.3 Å². The lowest BCUT2D eigenvalue weighted by Crippen LogP contribution is -2.43. The van der Waals surface area contributed by atoms with Gasteiger partial charge in [0.05, 0.1) is 31.8 Å². The first-order valence-electron chi connectivity index (χ1n) is 12.1. The van der Waals surface area contributed by atoms with Crippen LogP contribution < -0.4 is 10.1 Å². The van der Waals surface area contributed by atoms with E-state index in [0.29, 0.717) is 34.7 Å². The number of Topliss-reactive ketones (excluding diaryl/α,β-unsaturated/α-hetero) is 1. The number of para-hydroxylation sites is 1. The Morgan fingerprint density at radius 1 is 1.08 bits per heavy atom. The number of thiophene rings is 1. The van der Waals surface area contributed by atoms with Crippen LogP contribution in [0.25, 0.3) is 0 Å². The molecule has 0 spiro atoms. The van der Waals surface area contributed by atoms with E-state index in [2.05, 4.69) is 5.32 Å². The van der Waals surface area contributed by atoms with Gasteiger partial charge < -0.3 is 19.5 Å². The number of ether oxygens (including phenoxy) is 3. The number of benzene rings is 1. The Morgan fingerprint density at radius 2 is 1.81 bits per heavy atom. The standard InChI is InChI=1S/C28H31NO6S/c1-6-34-27(31)21-16(4)29-19-14-18(17-10-8-9-11-20(17)33-5)22(28(32)35-7-2)25(30)23(19)24(21)26-15(3)12-13-36-26/h8-13,18,22,24,29H,6-7,14H2,1-5H3/t18-,22+,24-/m0/s1. The molecule has 0 saturated carbocycles. The first-order chi connectivity index (χ1) is 17.3. The third-order valence-electron chi connectivity index (χ3n) is 6.76. The van der Waals surface area contributed by atoms with E-state index in [9.17, 15) is 14.4 Å².